The van der Waals surface area contributed by atoms with Crippen molar-refractivity contribution in [2.24, 2.45) is 0 Å². The van der Waals surface area contributed by atoms with Crippen LogP contribution < -0.4 is 5.32 Å². The molecule has 0 aliphatic carbocycles. The molecule has 0 aromatic heterocycles. The normalized spacial score (nSPS) is 13.6. The van der Waals surface area contributed by atoms with Crippen LogP contribution in [0.15, 0.2) is 18.2 Å². The van der Waals surface area contributed by atoms with Gasteiger partial charge in [-0.15, -0.1) is 0 Å². The lowest BCUT2D eigenvalue weighted by atomic mass is 10.0. The van der Waals surface area contributed by atoms with Crippen LogP contribution >= 0.6 is 0 Å². The second-order valence-electron chi connectivity index (χ2n) is 5.96. The van der Waals surface area contributed by atoms with Crippen molar-refractivity contribution in [3.8, 4) is 0 Å². The van der Waals surface area contributed by atoms with E-state index in [1.807, 2.05) is 33.8 Å². The van der Waals surface area contributed by atoms with Crippen LogP contribution in [0, 0.1) is 12.7 Å². The first kappa shape index (κ1) is 16.1. The average Bonchev–Trinajstić information content (AvgIpc) is 2.32. The summed E-state index contributed by atoms with van der Waals surface area (Å²) < 4.78 is 19.8. The quantitative estimate of drug-likeness (QED) is 0.841. The van der Waals surface area contributed by atoms with E-state index in [2.05, 4.69) is 12.2 Å². The largest absolute Gasteiger partial charge is 0.374 e. The van der Waals surface area contributed by atoms with Crippen LogP contribution in [-0.2, 0) is 4.74 Å². The molecule has 108 valence electrons. The Bertz CT molecular complexity index is 398. The van der Waals surface area contributed by atoms with Gasteiger partial charge in [0.05, 0.1) is 18.2 Å². The van der Waals surface area contributed by atoms with Crippen molar-refractivity contribution in [3.05, 3.63) is 35.1 Å². The lowest BCUT2D eigenvalue weighted by Gasteiger charge is -2.26. The second kappa shape index (κ2) is 7.01. The Hall–Kier alpha value is -0.930. The Labute approximate surface area is 116 Å². The van der Waals surface area contributed by atoms with Crippen molar-refractivity contribution >= 4 is 0 Å². The minimum atomic E-state index is -0.216. The molecule has 0 radical (unpaired) electrons. The molecule has 0 heterocycles. The summed E-state index contributed by atoms with van der Waals surface area (Å²) in [4.78, 5) is 0. The van der Waals surface area contributed by atoms with Crippen molar-refractivity contribution in [2.75, 3.05) is 13.2 Å². The van der Waals surface area contributed by atoms with Crippen molar-refractivity contribution in [1.29, 1.82) is 0 Å². The van der Waals surface area contributed by atoms with E-state index < -0.39 is 0 Å². The van der Waals surface area contributed by atoms with Crippen LogP contribution in [0.25, 0.3) is 0 Å². The molecule has 19 heavy (non-hydrogen) atoms. The first-order chi connectivity index (χ1) is 8.83. The van der Waals surface area contributed by atoms with Gasteiger partial charge in [0.2, 0.25) is 0 Å². The Morgan fingerprint density at radius 2 is 2.00 bits per heavy atom. The molecular weight excluding hydrogens is 241 g/mol. The predicted octanol–water partition coefficient (Wildman–Crippen LogP) is 3.99. The highest BCUT2D eigenvalue weighted by Crippen LogP contribution is 2.21. The van der Waals surface area contributed by atoms with E-state index in [4.69, 9.17) is 4.74 Å². The number of hydrogen-bond donors (Lipinski definition) is 1. The Kier molecular flexibility index (Phi) is 5.95. The van der Waals surface area contributed by atoms with Gasteiger partial charge in [0.15, 0.2) is 0 Å². The summed E-state index contributed by atoms with van der Waals surface area (Å²) in [6.07, 6.45) is 1.01. The zero-order chi connectivity index (χ0) is 14.5. The van der Waals surface area contributed by atoms with Gasteiger partial charge >= 0.3 is 0 Å². The number of rotatable bonds is 6. The van der Waals surface area contributed by atoms with Crippen LogP contribution in [0.2, 0.25) is 0 Å². The van der Waals surface area contributed by atoms with Crippen molar-refractivity contribution in [3.63, 3.8) is 0 Å². The molecule has 1 aromatic carbocycles. The minimum absolute atomic E-state index is 0.0981. The smallest absolute Gasteiger partial charge is 0.128 e. The van der Waals surface area contributed by atoms with Crippen molar-refractivity contribution in [2.45, 2.75) is 52.7 Å². The lowest BCUT2D eigenvalue weighted by Crippen LogP contribution is -2.31. The van der Waals surface area contributed by atoms with Crippen LogP contribution in [0.1, 0.15) is 51.3 Å². The van der Waals surface area contributed by atoms with E-state index in [0.29, 0.717) is 12.2 Å². The fourth-order valence-electron chi connectivity index (χ4n) is 1.84. The molecule has 0 bridgehead atoms. The fraction of sp³-hybridized carbons (Fsp3) is 0.625. The molecule has 1 unspecified atom stereocenters. The Balaban J connectivity index is 2.85. The standard InChI is InChI=1S/C16H26FNO/c1-6-9-18-15(11-19-16(3,4)5)13-10-12(2)7-8-14(13)17/h7-8,10,15,18H,6,9,11H2,1-5H3. The summed E-state index contributed by atoms with van der Waals surface area (Å²) in [6, 6.07) is 5.12. The third-order valence-corrected chi connectivity index (χ3v) is 2.85. The number of hydrogen-bond acceptors (Lipinski definition) is 2. The first-order valence-electron chi connectivity index (χ1n) is 6.97. The summed E-state index contributed by atoms with van der Waals surface area (Å²) >= 11 is 0. The van der Waals surface area contributed by atoms with Gasteiger partial charge in [-0.2, -0.15) is 0 Å². The van der Waals surface area contributed by atoms with Crippen LogP contribution in [-0.4, -0.2) is 18.8 Å². The maximum atomic E-state index is 14.0. The number of benzene rings is 1. The molecule has 0 amide bonds. The summed E-state index contributed by atoms with van der Waals surface area (Å²) in [5, 5.41) is 3.36. The zero-order valence-electron chi connectivity index (χ0n) is 12.7. The van der Waals surface area contributed by atoms with Gasteiger partial charge in [-0.3, -0.25) is 0 Å². The summed E-state index contributed by atoms with van der Waals surface area (Å²) in [6.45, 7) is 11.4. The van der Waals surface area contributed by atoms with Gasteiger partial charge in [0.25, 0.3) is 0 Å². The summed E-state index contributed by atoms with van der Waals surface area (Å²) in [7, 11) is 0. The highest BCUT2D eigenvalue weighted by atomic mass is 19.1. The second-order valence-corrected chi connectivity index (χ2v) is 5.96. The third kappa shape index (κ3) is 5.70. The minimum Gasteiger partial charge on any atom is -0.374 e. The molecule has 0 saturated heterocycles. The molecule has 0 spiro atoms. The van der Waals surface area contributed by atoms with Gasteiger partial charge in [0.1, 0.15) is 5.82 Å². The van der Waals surface area contributed by atoms with E-state index in [1.165, 1.54) is 6.07 Å². The van der Waals surface area contributed by atoms with Crippen molar-refractivity contribution in [1.82, 2.24) is 5.32 Å². The molecule has 1 atom stereocenters. The first-order valence-corrected chi connectivity index (χ1v) is 6.97. The van der Waals surface area contributed by atoms with E-state index in [1.54, 1.807) is 6.07 Å². The van der Waals surface area contributed by atoms with E-state index in [9.17, 15) is 4.39 Å². The van der Waals surface area contributed by atoms with E-state index in [0.717, 1.165) is 18.5 Å². The van der Waals surface area contributed by atoms with Gasteiger partial charge in [-0.25, -0.2) is 4.39 Å². The number of ether oxygens (including phenoxy) is 1. The SMILES string of the molecule is CCCNC(COC(C)(C)C)c1cc(C)ccc1F. The molecule has 2 nitrogen and oxygen atoms in total. The maximum Gasteiger partial charge on any atom is 0.128 e. The van der Waals surface area contributed by atoms with Gasteiger partial charge in [-0.05, 0) is 46.7 Å². The molecule has 0 saturated carbocycles. The monoisotopic (exact) mass is 267 g/mol. The molecule has 3 heteroatoms. The van der Waals surface area contributed by atoms with Gasteiger partial charge in [-0.1, -0.05) is 24.6 Å². The van der Waals surface area contributed by atoms with Gasteiger partial charge < -0.3 is 10.1 Å². The third-order valence-electron chi connectivity index (χ3n) is 2.85. The van der Waals surface area contributed by atoms with E-state index in [-0.39, 0.29) is 17.5 Å². The maximum absolute atomic E-state index is 14.0. The average molecular weight is 267 g/mol. The van der Waals surface area contributed by atoms with Crippen LogP contribution in [0.4, 0.5) is 4.39 Å². The number of aryl methyl sites for hydroxylation is 1. The highest BCUT2D eigenvalue weighted by molar-refractivity contribution is 5.27. The topological polar surface area (TPSA) is 21.3 Å². The molecule has 1 N–H and O–H groups in total. The molecule has 0 fully saturated rings. The molecule has 1 aromatic rings. The summed E-state index contributed by atoms with van der Waals surface area (Å²) in [5.41, 5.74) is 1.54. The molecule has 1 rings (SSSR count). The van der Waals surface area contributed by atoms with Gasteiger partial charge in [0, 0.05) is 5.56 Å². The zero-order valence-corrected chi connectivity index (χ0v) is 12.7. The Morgan fingerprint density at radius 3 is 2.58 bits per heavy atom. The number of halogens is 1. The molecule has 0 aliphatic rings. The lowest BCUT2D eigenvalue weighted by molar-refractivity contribution is -0.0151. The summed E-state index contributed by atoms with van der Waals surface area (Å²) in [5.74, 6) is -0.170. The molecular formula is C16H26FNO. The van der Waals surface area contributed by atoms with Crippen molar-refractivity contribution < 1.29 is 9.13 Å². The van der Waals surface area contributed by atoms with E-state index >= 15 is 0 Å². The van der Waals surface area contributed by atoms with Crippen LogP contribution in [0.3, 0.4) is 0 Å². The fourth-order valence-corrected chi connectivity index (χ4v) is 1.84. The predicted molar refractivity (Wildman–Crippen MR) is 77.9 cm³/mol. The number of nitrogens with one attached hydrogen (secondary N) is 1. The Morgan fingerprint density at radius 1 is 1.32 bits per heavy atom. The van der Waals surface area contributed by atoms with Crippen LogP contribution in [0.5, 0.6) is 0 Å². The highest BCUT2D eigenvalue weighted by Gasteiger charge is 2.19. The molecule has 0 aliphatic heterocycles.